The van der Waals surface area contributed by atoms with Gasteiger partial charge in [0.05, 0.1) is 25.8 Å². The zero-order valence-corrected chi connectivity index (χ0v) is 12.6. The van der Waals surface area contributed by atoms with Gasteiger partial charge in [-0.25, -0.2) is 0 Å². The van der Waals surface area contributed by atoms with E-state index in [2.05, 4.69) is 5.32 Å². The van der Waals surface area contributed by atoms with Crippen LogP contribution in [0.4, 0.5) is 0 Å². The van der Waals surface area contributed by atoms with Gasteiger partial charge in [-0.3, -0.25) is 14.5 Å². The summed E-state index contributed by atoms with van der Waals surface area (Å²) in [5, 5.41) is 30.7. The third kappa shape index (κ3) is 9.43. The van der Waals surface area contributed by atoms with Crippen molar-refractivity contribution < 1.29 is 24.9 Å². The molecule has 2 unspecified atom stereocenters. The molecule has 0 aliphatic carbocycles. The molecule has 0 aromatic heterocycles. The SMILES string of the molecule is NCC(CCC=S)N(CC(=O)O)CC(=O)NCC(O)CO. The lowest BCUT2D eigenvalue weighted by Gasteiger charge is -2.28. The molecule has 0 fully saturated rings. The van der Waals surface area contributed by atoms with Gasteiger partial charge in [0.1, 0.15) is 0 Å². The van der Waals surface area contributed by atoms with E-state index >= 15 is 0 Å². The summed E-state index contributed by atoms with van der Waals surface area (Å²) in [4.78, 5) is 24.1. The minimum Gasteiger partial charge on any atom is -0.480 e. The van der Waals surface area contributed by atoms with Gasteiger partial charge in [0, 0.05) is 19.1 Å². The lowest BCUT2D eigenvalue weighted by Crippen LogP contribution is -2.49. The molecule has 0 aliphatic heterocycles. The van der Waals surface area contributed by atoms with Crippen LogP contribution < -0.4 is 11.1 Å². The molecular formula is C12H23N3O5S. The maximum atomic E-state index is 11.7. The molecule has 0 bridgehead atoms. The number of aliphatic carboxylic acids is 1. The smallest absolute Gasteiger partial charge is 0.317 e. The molecule has 0 aromatic rings. The lowest BCUT2D eigenvalue weighted by atomic mass is 10.1. The number of carbonyl (C=O) groups is 2. The fourth-order valence-corrected chi connectivity index (χ4v) is 1.87. The number of thiocarbonyl (C=S) groups is 1. The molecule has 2 atom stereocenters. The van der Waals surface area contributed by atoms with E-state index in [0.29, 0.717) is 12.8 Å². The van der Waals surface area contributed by atoms with Gasteiger partial charge in [0.25, 0.3) is 0 Å². The molecule has 0 rings (SSSR count). The predicted molar refractivity (Wildman–Crippen MR) is 81.0 cm³/mol. The van der Waals surface area contributed by atoms with E-state index in [1.54, 1.807) is 5.37 Å². The van der Waals surface area contributed by atoms with Crippen LogP contribution in [0.2, 0.25) is 0 Å². The van der Waals surface area contributed by atoms with E-state index in [9.17, 15) is 9.59 Å². The molecule has 0 aromatic carbocycles. The van der Waals surface area contributed by atoms with Crippen molar-refractivity contribution in [2.75, 3.05) is 32.8 Å². The van der Waals surface area contributed by atoms with Crippen molar-refractivity contribution in [3.63, 3.8) is 0 Å². The summed E-state index contributed by atoms with van der Waals surface area (Å²) in [6.07, 6.45) is 0.125. The molecule has 6 N–H and O–H groups in total. The minimum atomic E-state index is -1.06. The average Bonchev–Trinajstić information content (AvgIpc) is 2.44. The predicted octanol–water partition coefficient (Wildman–Crippen LogP) is -2.05. The highest BCUT2D eigenvalue weighted by Gasteiger charge is 2.22. The number of nitrogens with zero attached hydrogens (tertiary/aromatic N) is 1. The third-order valence-electron chi connectivity index (χ3n) is 2.84. The highest BCUT2D eigenvalue weighted by Crippen LogP contribution is 2.05. The molecule has 0 spiro atoms. The first-order valence-electron chi connectivity index (χ1n) is 6.59. The van der Waals surface area contributed by atoms with E-state index in [1.165, 1.54) is 4.90 Å². The molecule has 21 heavy (non-hydrogen) atoms. The van der Waals surface area contributed by atoms with Crippen molar-refractivity contribution in [3.8, 4) is 0 Å². The van der Waals surface area contributed by atoms with Gasteiger partial charge in [0.15, 0.2) is 0 Å². The number of amides is 1. The molecule has 0 saturated carbocycles. The molecule has 0 radical (unpaired) electrons. The van der Waals surface area contributed by atoms with Gasteiger partial charge in [-0.15, -0.1) is 0 Å². The van der Waals surface area contributed by atoms with Crippen LogP contribution >= 0.6 is 12.2 Å². The Hall–Kier alpha value is -1.13. The largest absolute Gasteiger partial charge is 0.480 e. The highest BCUT2D eigenvalue weighted by atomic mass is 32.1. The summed E-state index contributed by atoms with van der Waals surface area (Å²) in [7, 11) is 0. The summed E-state index contributed by atoms with van der Waals surface area (Å²) < 4.78 is 0. The van der Waals surface area contributed by atoms with Crippen LogP contribution in [0.25, 0.3) is 0 Å². The summed E-state index contributed by atoms with van der Waals surface area (Å²) in [5.41, 5.74) is 5.62. The quantitative estimate of drug-likeness (QED) is 0.259. The summed E-state index contributed by atoms with van der Waals surface area (Å²) in [6.45, 7) is -0.801. The monoisotopic (exact) mass is 321 g/mol. The summed E-state index contributed by atoms with van der Waals surface area (Å²) >= 11 is 4.73. The van der Waals surface area contributed by atoms with E-state index in [4.69, 9.17) is 33.3 Å². The van der Waals surface area contributed by atoms with Gasteiger partial charge < -0.3 is 26.4 Å². The first-order chi connectivity index (χ1) is 9.94. The minimum absolute atomic E-state index is 0.0938. The lowest BCUT2D eigenvalue weighted by molar-refractivity contribution is -0.139. The maximum absolute atomic E-state index is 11.7. The molecule has 9 heteroatoms. The first-order valence-corrected chi connectivity index (χ1v) is 7.06. The van der Waals surface area contributed by atoms with Crippen molar-refractivity contribution in [2.24, 2.45) is 5.73 Å². The number of hydrogen-bond donors (Lipinski definition) is 5. The summed E-state index contributed by atoms with van der Waals surface area (Å²) in [6, 6.07) is -0.270. The van der Waals surface area contributed by atoms with E-state index < -0.39 is 24.6 Å². The molecule has 8 nitrogen and oxygen atoms in total. The van der Waals surface area contributed by atoms with Crippen LogP contribution in [0.5, 0.6) is 0 Å². The van der Waals surface area contributed by atoms with Crippen LogP contribution in [0.3, 0.4) is 0 Å². The number of nitrogens with two attached hydrogens (primary N) is 1. The number of carbonyl (C=O) groups excluding carboxylic acids is 1. The van der Waals surface area contributed by atoms with Crippen LogP contribution in [-0.2, 0) is 9.59 Å². The molecule has 0 heterocycles. The molecular weight excluding hydrogens is 298 g/mol. The Kier molecular flexibility index (Phi) is 10.9. The van der Waals surface area contributed by atoms with Gasteiger partial charge in [0.2, 0.25) is 5.91 Å². The van der Waals surface area contributed by atoms with Crippen molar-refractivity contribution in [1.82, 2.24) is 10.2 Å². The number of carboxylic acids is 1. The third-order valence-corrected chi connectivity index (χ3v) is 3.07. The Balaban J connectivity index is 4.54. The van der Waals surface area contributed by atoms with E-state index in [0.717, 1.165) is 0 Å². The van der Waals surface area contributed by atoms with Crippen LogP contribution in [0, 0.1) is 0 Å². The van der Waals surface area contributed by atoms with Crippen molar-refractivity contribution in [3.05, 3.63) is 0 Å². The van der Waals surface area contributed by atoms with E-state index in [-0.39, 0.29) is 32.2 Å². The van der Waals surface area contributed by atoms with Gasteiger partial charge in [-0.1, -0.05) is 12.2 Å². The van der Waals surface area contributed by atoms with Gasteiger partial charge >= 0.3 is 5.97 Å². The standard InChI is InChI=1S/C12H23N3O5S/c13-4-9(2-1-3-21)15(7-12(19)20)6-11(18)14-5-10(17)8-16/h3,9-10,16-17H,1-2,4-8,13H2,(H,14,18)(H,19,20). The molecule has 0 saturated heterocycles. The summed E-state index contributed by atoms with van der Waals surface area (Å²) in [5.74, 6) is -1.50. The Morgan fingerprint density at radius 3 is 2.52 bits per heavy atom. The fraction of sp³-hybridized carbons (Fsp3) is 0.750. The van der Waals surface area contributed by atoms with Crippen molar-refractivity contribution >= 4 is 29.5 Å². The number of aliphatic hydroxyl groups excluding tert-OH is 2. The fourth-order valence-electron chi connectivity index (χ4n) is 1.73. The number of carboxylic acid groups (broad SMARTS) is 1. The number of hydrogen-bond acceptors (Lipinski definition) is 7. The Bertz CT molecular complexity index is 343. The molecule has 1 amide bonds. The van der Waals surface area contributed by atoms with Gasteiger partial charge in [-0.2, -0.15) is 0 Å². The Morgan fingerprint density at radius 2 is 2.05 bits per heavy atom. The van der Waals surface area contributed by atoms with Crippen LogP contribution in [0.15, 0.2) is 0 Å². The highest BCUT2D eigenvalue weighted by molar-refractivity contribution is 7.78. The molecule has 122 valence electrons. The number of rotatable bonds is 12. The van der Waals surface area contributed by atoms with Crippen molar-refractivity contribution in [1.29, 1.82) is 0 Å². The zero-order chi connectivity index (χ0) is 16.3. The Morgan fingerprint density at radius 1 is 1.38 bits per heavy atom. The van der Waals surface area contributed by atoms with Crippen LogP contribution in [0.1, 0.15) is 12.8 Å². The zero-order valence-electron chi connectivity index (χ0n) is 11.8. The average molecular weight is 321 g/mol. The second-order valence-corrected chi connectivity index (χ2v) is 4.91. The topological polar surface area (TPSA) is 136 Å². The van der Waals surface area contributed by atoms with E-state index in [1.807, 2.05) is 0 Å². The second kappa shape index (κ2) is 11.5. The van der Waals surface area contributed by atoms with Crippen molar-refractivity contribution in [2.45, 2.75) is 25.0 Å². The number of nitrogens with one attached hydrogen (secondary N) is 1. The Labute approximate surface area is 128 Å². The van der Waals surface area contributed by atoms with Crippen LogP contribution in [-0.4, -0.2) is 82.4 Å². The first kappa shape index (κ1) is 19.9. The molecule has 0 aliphatic rings. The normalized spacial score (nSPS) is 13.7. The second-order valence-electron chi connectivity index (χ2n) is 4.57. The maximum Gasteiger partial charge on any atom is 0.317 e. The van der Waals surface area contributed by atoms with Gasteiger partial charge in [-0.05, 0) is 18.2 Å². The number of aliphatic hydroxyl groups is 2.